The Morgan fingerprint density at radius 2 is 1.93 bits per heavy atom. The largest absolute Gasteiger partial charge is 0.497 e. The van der Waals surface area contributed by atoms with E-state index in [0.717, 1.165) is 11.3 Å². The number of hydrazone groups is 1. The SMILES string of the molecule is COc1ccc(-c2cc(C(=O)NN=Cc3ccccc3C(=O)O)[nH]n2)cc1. The van der Waals surface area contributed by atoms with E-state index in [1.54, 1.807) is 43.5 Å². The van der Waals surface area contributed by atoms with Crippen molar-refractivity contribution in [3.63, 3.8) is 0 Å². The van der Waals surface area contributed by atoms with Crippen LogP contribution in [0.25, 0.3) is 11.3 Å². The lowest BCUT2D eigenvalue weighted by atomic mass is 10.1. The van der Waals surface area contributed by atoms with Gasteiger partial charge in [0.1, 0.15) is 11.4 Å². The summed E-state index contributed by atoms with van der Waals surface area (Å²) in [6.07, 6.45) is 1.28. The van der Waals surface area contributed by atoms with Crippen LogP contribution in [-0.2, 0) is 0 Å². The van der Waals surface area contributed by atoms with Crippen LogP contribution in [0.2, 0.25) is 0 Å². The van der Waals surface area contributed by atoms with Gasteiger partial charge in [-0.1, -0.05) is 18.2 Å². The zero-order valence-corrected chi connectivity index (χ0v) is 14.3. The lowest BCUT2D eigenvalue weighted by Crippen LogP contribution is -2.18. The Labute approximate surface area is 154 Å². The number of carboxylic acids is 1. The van der Waals surface area contributed by atoms with Crippen LogP contribution in [0, 0.1) is 0 Å². The van der Waals surface area contributed by atoms with Gasteiger partial charge in [0, 0.05) is 11.1 Å². The summed E-state index contributed by atoms with van der Waals surface area (Å²) in [4.78, 5) is 23.3. The highest BCUT2D eigenvalue weighted by atomic mass is 16.5. The first-order chi connectivity index (χ1) is 13.1. The van der Waals surface area contributed by atoms with E-state index >= 15 is 0 Å². The normalized spacial score (nSPS) is 10.7. The summed E-state index contributed by atoms with van der Waals surface area (Å²) in [5, 5.41) is 19.7. The molecule has 0 saturated heterocycles. The molecule has 0 spiro atoms. The Balaban J connectivity index is 1.68. The van der Waals surface area contributed by atoms with Crippen LogP contribution < -0.4 is 10.2 Å². The maximum atomic E-state index is 12.2. The fraction of sp³-hybridized carbons (Fsp3) is 0.0526. The number of hydrogen-bond donors (Lipinski definition) is 3. The van der Waals surface area contributed by atoms with E-state index in [-0.39, 0.29) is 11.3 Å². The number of H-pyrrole nitrogens is 1. The minimum Gasteiger partial charge on any atom is -0.497 e. The predicted molar refractivity (Wildman–Crippen MR) is 99.0 cm³/mol. The van der Waals surface area contributed by atoms with Crippen LogP contribution in [-0.4, -0.2) is 40.5 Å². The van der Waals surface area contributed by atoms with Gasteiger partial charge in [-0.05, 0) is 36.4 Å². The molecule has 3 aromatic rings. The second kappa shape index (κ2) is 7.96. The summed E-state index contributed by atoms with van der Waals surface area (Å²) in [7, 11) is 1.58. The first-order valence-electron chi connectivity index (χ1n) is 7.94. The minimum atomic E-state index is -1.07. The van der Waals surface area contributed by atoms with Gasteiger partial charge in [-0.2, -0.15) is 10.2 Å². The number of amides is 1. The summed E-state index contributed by atoms with van der Waals surface area (Å²) >= 11 is 0. The van der Waals surface area contributed by atoms with E-state index in [1.807, 2.05) is 12.1 Å². The Morgan fingerprint density at radius 3 is 2.63 bits per heavy atom. The van der Waals surface area contributed by atoms with Crippen molar-refractivity contribution in [2.45, 2.75) is 0 Å². The van der Waals surface area contributed by atoms with Gasteiger partial charge in [-0.3, -0.25) is 9.89 Å². The topological polar surface area (TPSA) is 117 Å². The molecule has 1 amide bonds. The third-order valence-corrected chi connectivity index (χ3v) is 3.77. The molecule has 0 atom stereocenters. The number of carbonyl (C=O) groups excluding carboxylic acids is 1. The van der Waals surface area contributed by atoms with Crippen LogP contribution in [0.15, 0.2) is 59.7 Å². The third-order valence-electron chi connectivity index (χ3n) is 3.77. The number of hydrogen-bond acceptors (Lipinski definition) is 5. The fourth-order valence-electron chi connectivity index (χ4n) is 2.37. The molecule has 0 saturated carbocycles. The lowest BCUT2D eigenvalue weighted by molar-refractivity contribution is 0.0696. The average Bonchev–Trinajstić information content (AvgIpc) is 3.18. The summed E-state index contributed by atoms with van der Waals surface area (Å²) in [5.74, 6) is -0.837. The number of rotatable bonds is 6. The highest BCUT2D eigenvalue weighted by Gasteiger charge is 2.11. The molecule has 0 bridgehead atoms. The highest BCUT2D eigenvalue weighted by Crippen LogP contribution is 2.21. The number of carboxylic acid groups (broad SMARTS) is 1. The van der Waals surface area contributed by atoms with Crippen molar-refractivity contribution in [1.29, 1.82) is 0 Å². The van der Waals surface area contributed by atoms with E-state index in [9.17, 15) is 9.59 Å². The summed E-state index contributed by atoms with van der Waals surface area (Å²) in [6.45, 7) is 0. The van der Waals surface area contributed by atoms with E-state index in [1.165, 1.54) is 12.3 Å². The molecular weight excluding hydrogens is 348 g/mol. The molecule has 3 rings (SSSR count). The van der Waals surface area contributed by atoms with Crippen molar-refractivity contribution in [1.82, 2.24) is 15.6 Å². The molecule has 0 fully saturated rings. The van der Waals surface area contributed by atoms with Crippen LogP contribution in [0.5, 0.6) is 5.75 Å². The van der Waals surface area contributed by atoms with Crippen molar-refractivity contribution in [3.05, 3.63) is 71.4 Å². The number of ether oxygens (including phenoxy) is 1. The second-order valence-electron chi connectivity index (χ2n) is 5.49. The van der Waals surface area contributed by atoms with Gasteiger partial charge >= 0.3 is 5.97 Å². The zero-order valence-electron chi connectivity index (χ0n) is 14.3. The fourth-order valence-corrected chi connectivity index (χ4v) is 2.37. The van der Waals surface area contributed by atoms with Crippen LogP contribution in [0.1, 0.15) is 26.4 Å². The predicted octanol–water partition coefficient (Wildman–Crippen LogP) is 2.55. The average molecular weight is 364 g/mol. The summed E-state index contributed by atoms with van der Waals surface area (Å²) in [5.41, 5.74) is 4.47. The quantitative estimate of drug-likeness (QED) is 0.459. The Kier molecular flexibility index (Phi) is 5.27. The molecule has 3 N–H and O–H groups in total. The molecule has 1 aromatic heterocycles. The van der Waals surface area contributed by atoms with Gasteiger partial charge in [0.05, 0.1) is 24.6 Å². The molecule has 8 nitrogen and oxygen atoms in total. The number of nitrogens with one attached hydrogen (secondary N) is 2. The summed E-state index contributed by atoms with van der Waals surface area (Å²) < 4.78 is 5.11. The van der Waals surface area contributed by atoms with E-state index < -0.39 is 11.9 Å². The lowest BCUT2D eigenvalue weighted by Gasteiger charge is -2.00. The van der Waals surface area contributed by atoms with Crippen molar-refractivity contribution >= 4 is 18.1 Å². The van der Waals surface area contributed by atoms with E-state index in [4.69, 9.17) is 9.84 Å². The maximum Gasteiger partial charge on any atom is 0.336 e. The number of aromatic nitrogens is 2. The molecule has 0 aliphatic rings. The van der Waals surface area contributed by atoms with Gasteiger partial charge < -0.3 is 9.84 Å². The Morgan fingerprint density at radius 1 is 1.19 bits per heavy atom. The molecule has 0 radical (unpaired) electrons. The molecule has 0 unspecified atom stereocenters. The molecular formula is C19H16N4O4. The second-order valence-corrected chi connectivity index (χ2v) is 5.49. The number of carbonyl (C=O) groups is 2. The maximum absolute atomic E-state index is 12.2. The third kappa shape index (κ3) is 4.18. The van der Waals surface area contributed by atoms with Crippen molar-refractivity contribution in [2.75, 3.05) is 7.11 Å². The Hall–Kier alpha value is -3.94. The van der Waals surface area contributed by atoms with Crippen molar-refractivity contribution in [3.8, 4) is 17.0 Å². The van der Waals surface area contributed by atoms with E-state index in [0.29, 0.717) is 11.3 Å². The van der Waals surface area contributed by atoms with Crippen LogP contribution >= 0.6 is 0 Å². The number of aromatic carboxylic acids is 1. The van der Waals surface area contributed by atoms with Crippen molar-refractivity contribution in [2.24, 2.45) is 5.10 Å². The number of benzene rings is 2. The first-order valence-corrected chi connectivity index (χ1v) is 7.94. The Bertz CT molecular complexity index is 993. The monoisotopic (exact) mass is 364 g/mol. The molecule has 0 aliphatic heterocycles. The minimum absolute atomic E-state index is 0.0961. The molecule has 1 heterocycles. The number of aromatic amines is 1. The molecule has 136 valence electrons. The van der Waals surface area contributed by atoms with E-state index in [2.05, 4.69) is 20.7 Å². The highest BCUT2D eigenvalue weighted by molar-refractivity contribution is 5.99. The number of methoxy groups -OCH3 is 1. The van der Waals surface area contributed by atoms with Crippen LogP contribution in [0.4, 0.5) is 0 Å². The smallest absolute Gasteiger partial charge is 0.336 e. The van der Waals surface area contributed by atoms with Gasteiger partial charge in [0.25, 0.3) is 5.91 Å². The summed E-state index contributed by atoms with van der Waals surface area (Å²) in [6, 6.07) is 15.2. The van der Waals surface area contributed by atoms with Crippen LogP contribution in [0.3, 0.4) is 0 Å². The first kappa shape index (κ1) is 17.9. The standard InChI is InChI=1S/C19H16N4O4/c1-27-14-8-6-12(7-9-14)16-10-17(22-21-16)18(24)23-20-11-13-4-2-3-5-15(13)19(25)26/h2-11H,1H3,(H,21,22)(H,23,24)(H,25,26). The van der Waals surface area contributed by atoms with Gasteiger partial charge in [-0.15, -0.1) is 0 Å². The molecule has 2 aromatic carbocycles. The van der Waals surface area contributed by atoms with Gasteiger partial charge in [0.15, 0.2) is 0 Å². The molecule has 27 heavy (non-hydrogen) atoms. The molecule has 8 heteroatoms. The number of nitrogens with zero attached hydrogens (tertiary/aromatic N) is 2. The van der Waals surface area contributed by atoms with Gasteiger partial charge in [0.2, 0.25) is 0 Å². The zero-order chi connectivity index (χ0) is 19.2. The molecule has 0 aliphatic carbocycles. The van der Waals surface area contributed by atoms with Gasteiger partial charge in [-0.25, -0.2) is 10.2 Å². The van der Waals surface area contributed by atoms with Crippen molar-refractivity contribution < 1.29 is 19.4 Å².